The Hall–Kier alpha value is -0.990. The van der Waals surface area contributed by atoms with E-state index in [0.717, 1.165) is 18.4 Å². The van der Waals surface area contributed by atoms with E-state index < -0.39 is 0 Å². The number of benzene rings is 1. The molecule has 1 aromatic carbocycles. The van der Waals surface area contributed by atoms with Crippen molar-refractivity contribution in [3.63, 3.8) is 0 Å². The number of nitro benzene ring substituents is 1. The Morgan fingerprint density at radius 3 is 3.05 bits per heavy atom. The van der Waals surface area contributed by atoms with Gasteiger partial charge in [-0.25, -0.2) is 0 Å². The molecule has 110 valence electrons. The van der Waals surface area contributed by atoms with Crippen molar-refractivity contribution in [1.82, 2.24) is 5.32 Å². The van der Waals surface area contributed by atoms with E-state index in [4.69, 9.17) is 0 Å². The number of hydrogen-bond donors (Lipinski definition) is 1. The van der Waals surface area contributed by atoms with Gasteiger partial charge in [-0.1, -0.05) is 18.2 Å². The van der Waals surface area contributed by atoms with E-state index in [9.17, 15) is 10.1 Å². The molecular weight excluding hydrogens is 399 g/mol. The smallest absolute Gasteiger partial charge is 0.273 e. The molecule has 0 saturated carbocycles. The summed E-state index contributed by atoms with van der Waals surface area (Å²) < 4.78 is 1.32. The summed E-state index contributed by atoms with van der Waals surface area (Å²) in [6.45, 7) is 0.535. The van der Waals surface area contributed by atoms with E-state index in [0.29, 0.717) is 12.6 Å². The molecule has 1 aliphatic carbocycles. The molecular formula is C15H15IN2O2S. The Morgan fingerprint density at radius 2 is 2.24 bits per heavy atom. The van der Waals surface area contributed by atoms with Crippen molar-refractivity contribution in [2.75, 3.05) is 0 Å². The lowest BCUT2D eigenvalue weighted by Gasteiger charge is -2.23. The van der Waals surface area contributed by atoms with Crippen molar-refractivity contribution in [3.05, 3.63) is 59.3 Å². The van der Waals surface area contributed by atoms with E-state index in [2.05, 4.69) is 34.0 Å². The average Bonchev–Trinajstić information content (AvgIpc) is 2.86. The second-order valence-corrected chi connectivity index (χ2v) is 8.17. The molecule has 3 rings (SSSR count). The minimum atomic E-state index is -0.309. The van der Waals surface area contributed by atoms with Crippen LogP contribution in [0.1, 0.15) is 34.9 Å². The Balaban J connectivity index is 1.76. The van der Waals surface area contributed by atoms with Crippen LogP contribution in [0.15, 0.2) is 30.3 Å². The van der Waals surface area contributed by atoms with E-state index in [1.165, 1.54) is 19.7 Å². The number of rotatable bonds is 4. The first kappa shape index (κ1) is 14.9. The highest BCUT2D eigenvalue weighted by atomic mass is 127. The first-order valence-electron chi connectivity index (χ1n) is 6.89. The second kappa shape index (κ2) is 6.41. The van der Waals surface area contributed by atoms with E-state index in [-0.39, 0.29) is 10.6 Å². The molecule has 6 heteroatoms. The molecule has 1 N–H and O–H groups in total. The summed E-state index contributed by atoms with van der Waals surface area (Å²) in [6.07, 6.45) is 3.44. The summed E-state index contributed by atoms with van der Waals surface area (Å²) in [5.74, 6) is 0. The van der Waals surface area contributed by atoms with Crippen LogP contribution in [0.5, 0.6) is 0 Å². The Kier molecular flexibility index (Phi) is 4.56. The van der Waals surface area contributed by atoms with Crippen molar-refractivity contribution in [3.8, 4) is 0 Å². The summed E-state index contributed by atoms with van der Waals surface area (Å²) in [7, 11) is 0. The average molecular weight is 414 g/mol. The van der Waals surface area contributed by atoms with E-state index in [1.54, 1.807) is 12.1 Å². The summed E-state index contributed by atoms with van der Waals surface area (Å²) in [6, 6.07) is 9.51. The molecule has 1 atom stereocenters. The molecule has 1 unspecified atom stereocenters. The van der Waals surface area contributed by atoms with E-state index >= 15 is 0 Å². The van der Waals surface area contributed by atoms with Crippen molar-refractivity contribution >= 4 is 39.6 Å². The summed E-state index contributed by atoms with van der Waals surface area (Å²) >= 11 is 4.23. The minimum Gasteiger partial charge on any atom is -0.306 e. The normalized spacial score (nSPS) is 17.5. The molecule has 0 saturated heterocycles. The van der Waals surface area contributed by atoms with Gasteiger partial charge in [0.05, 0.1) is 7.81 Å². The van der Waals surface area contributed by atoms with E-state index in [1.807, 2.05) is 23.5 Å². The maximum Gasteiger partial charge on any atom is 0.273 e. The Bertz CT molecular complexity index is 671. The van der Waals surface area contributed by atoms with Gasteiger partial charge in [0.15, 0.2) is 0 Å². The molecule has 0 aliphatic heterocycles. The third-order valence-electron chi connectivity index (χ3n) is 3.81. The third kappa shape index (κ3) is 3.27. The molecule has 1 aliphatic rings. The molecule has 0 fully saturated rings. The Labute approximate surface area is 140 Å². The standard InChI is InChI=1S/C15H15IN2O2S/c16-15-8-11-12(5-3-7-14(11)21-15)17-9-10-4-1-2-6-13(10)18(19)20/h1-2,4,6,8,12,17H,3,5,7,9H2. The van der Waals surface area contributed by atoms with Gasteiger partial charge in [0.2, 0.25) is 0 Å². The van der Waals surface area contributed by atoms with Crippen LogP contribution in [0.2, 0.25) is 0 Å². The number of thiophene rings is 1. The van der Waals surface area contributed by atoms with Crippen molar-refractivity contribution in [2.24, 2.45) is 0 Å². The van der Waals surface area contributed by atoms with Gasteiger partial charge in [0.1, 0.15) is 0 Å². The lowest BCUT2D eigenvalue weighted by atomic mass is 9.94. The van der Waals surface area contributed by atoms with Crippen molar-refractivity contribution < 1.29 is 4.92 Å². The van der Waals surface area contributed by atoms with Crippen molar-refractivity contribution in [1.29, 1.82) is 0 Å². The van der Waals surface area contributed by atoms with Crippen molar-refractivity contribution in [2.45, 2.75) is 31.8 Å². The molecule has 0 spiro atoms. The highest BCUT2D eigenvalue weighted by molar-refractivity contribution is 14.1. The number of nitrogens with zero attached hydrogens (tertiary/aromatic N) is 1. The molecule has 0 radical (unpaired) electrons. The number of para-hydroxylation sites is 1. The van der Waals surface area contributed by atoms with Gasteiger partial charge >= 0.3 is 0 Å². The molecule has 4 nitrogen and oxygen atoms in total. The topological polar surface area (TPSA) is 55.2 Å². The van der Waals surface area contributed by atoms with Gasteiger partial charge in [-0.15, -0.1) is 11.3 Å². The van der Waals surface area contributed by atoms with Crippen LogP contribution >= 0.6 is 33.9 Å². The summed E-state index contributed by atoms with van der Waals surface area (Å²) in [5.41, 5.74) is 2.33. The zero-order chi connectivity index (χ0) is 14.8. The fourth-order valence-corrected chi connectivity index (χ4v) is 4.92. The van der Waals surface area contributed by atoms with Crippen LogP contribution in [0, 0.1) is 13.0 Å². The summed E-state index contributed by atoms with van der Waals surface area (Å²) in [5, 5.41) is 14.6. The number of nitrogens with one attached hydrogen (secondary N) is 1. The second-order valence-electron chi connectivity index (χ2n) is 5.14. The molecule has 1 heterocycles. The third-order valence-corrected chi connectivity index (χ3v) is 5.78. The van der Waals surface area contributed by atoms with Crippen LogP contribution in [0.4, 0.5) is 5.69 Å². The fraction of sp³-hybridized carbons (Fsp3) is 0.333. The number of aryl methyl sites for hydroxylation is 1. The zero-order valence-electron chi connectivity index (χ0n) is 11.3. The van der Waals surface area contributed by atoms with Gasteiger partial charge in [-0.05, 0) is 53.5 Å². The molecule has 1 aromatic heterocycles. The largest absolute Gasteiger partial charge is 0.306 e. The molecule has 0 amide bonds. The maximum atomic E-state index is 11.1. The maximum absolute atomic E-state index is 11.1. The number of nitro groups is 1. The fourth-order valence-electron chi connectivity index (χ4n) is 2.80. The zero-order valence-corrected chi connectivity index (χ0v) is 14.3. The van der Waals surface area contributed by atoms with Gasteiger partial charge in [-0.3, -0.25) is 10.1 Å². The number of halogens is 1. The van der Waals surface area contributed by atoms with Crippen LogP contribution < -0.4 is 5.32 Å². The minimum absolute atomic E-state index is 0.195. The van der Waals surface area contributed by atoms with Gasteiger partial charge < -0.3 is 5.32 Å². The Morgan fingerprint density at radius 1 is 1.43 bits per heavy atom. The highest BCUT2D eigenvalue weighted by Gasteiger charge is 2.23. The van der Waals surface area contributed by atoms with Gasteiger partial charge in [0.25, 0.3) is 5.69 Å². The predicted octanol–water partition coefficient (Wildman–Crippen LogP) is 4.43. The SMILES string of the molecule is O=[N+]([O-])c1ccccc1CNC1CCCc2sc(I)cc21. The van der Waals surface area contributed by atoms with Crippen LogP contribution in [0.25, 0.3) is 0 Å². The number of fused-ring (bicyclic) bond motifs is 1. The van der Waals surface area contributed by atoms with Gasteiger partial charge in [0, 0.05) is 29.1 Å². The first-order valence-corrected chi connectivity index (χ1v) is 8.78. The highest BCUT2D eigenvalue weighted by Crippen LogP contribution is 2.36. The quantitative estimate of drug-likeness (QED) is 0.458. The number of hydrogen-bond acceptors (Lipinski definition) is 4. The van der Waals surface area contributed by atoms with Gasteiger partial charge in [-0.2, -0.15) is 0 Å². The molecule has 2 aromatic rings. The monoisotopic (exact) mass is 414 g/mol. The lowest BCUT2D eigenvalue weighted by Crippen LogP contribution is -2.24. The molecule has 21 heavy (non-hydrogen) atoms. The van der Waals surface area contributed by atoms with Crippen LogP contribution in [-0.4, -0.2) is 4.92 Å². The van der Waals surface area contributed by atoms with Crippen LogP contribution in [-0.2, 0) is 13.0 Å². The summed E-state index contributed by atoms with van der Waals surface area (Å²) in [4.78, 5) is 12.2. The van der Waals surface area contributed by atoms with Crippen LogP contribution in [0.3, 0.4) is 0 Å². The predicted molar refractivity (Wildman–Crippen MR) is 92.7 cm³/mol. The lowest BCUT2D eigenvalue weighted by molar-refractivity contribution is -0.385. The molecule has 0 bridgehead atoms. The first-order chi connectivity index (χ1) is 10.1.